The van der Waals surface area contributed by atoms with E-state index in [1.165, 1.54) is 0 Å². The molecule has 0 saturated heterocycles. The molecule has 0 heterocycles. The van der Waals surface area contributed by atoms with Crippen LogP contribution in [0.5, 0.6) is 11.5 Å². The lowest BCUT2D eigenvalue weighted by molar-refractivity contribution is 0.0952. The molecule has 142 valence electrons. The Kier molecular flexibility index (Phi) is 6.29. The monoisotopic (exact) mass is 394 g/mol. The van der Waals surface area contributed by atoms with E-state index in [4.69, 9.17) is 22.1 Å². The standard InChI is InChI=1S/C22H19ClN2O3/c23-18-3-1-2-15(14-18)12-13-25-22(27)17-6-10-20(11-7-17)28-19-8-4-16(5-9-19)21(24)26/h1-11,14H,12-13H2,(H2,24,26)(H,25,27). The Morgan fingerprint density at radius 1 is 0.893 bits per heavy atom. The highest BCUT2D eigenvalue weighted by Crippen LogP contribution is 2.22. The number of carbonyl (C=O) groups is 2. The fourth-order valence-electron chi connectivity index (χ4n) is 2.61. The first-order valence-corrected chi connectivity index (χ1v) is 9.09. The summed E-state index contributed by atoms with van der Waals surface area (Å²) in [6, 6.07) is 20.9. The number of nitrogens with two attached hydrogens (primary N) is 1. The number of hydrogen-bond donors (Lipinski definition) is 2. The fraction of sp³-hybridized carbons (Fsp3) is 0.0909. The van der Waals surface area contributed by atoms with Crippen molar-refractivity contribution >= 4 is 23.4 Å². The van der Waals surface area contributed by atoms with E-state index in [0.717, 1.165) is 5.56 Å². The van der Waals surface area contributed by atoms with Crippen molar-refractivity contribution in [2.75, 3.05) is 6.54 Å². The van der Waals surface area contributed by atoms with Gasteiger partial charge in [-0.05, 0) is 72.6 Å². The maximum Gasteiger partial charge on any atom is 0.251 e. The third-order valence-electron chi connectivity index (χ3n) is 4.08. The van der Waals surface area contributed by atoms with Crippen LogP contribution >= 0.6 is 11.6 Å². The van der Waals surface area contributed by atoms with Crippen molar-refractivity contribution in [1.82, 2.24) is 5.32 Å². The second-order valence-electron chi connectivity index (χ2n) is 6.15. The van der Waals surface area contributed by atoms with Crippen LogP contribution in [-0.2, 0) is 6.42 Å². The normalized spacial score (nSPS) is 10.3. The van der Waals surface area contributed by atoms with Crippen molar-refractivity contribution in [3.05, 3.63) is 94.5 Å². The summed E-state index contributed by atoms with van der Waals surface area (Å²) >= 11 is 5.96. The van der Waals surface area contributed by atoms with Crippen molar-refractivity contribution in [2.45, 2.75) is 6.42 Å². The molecule has 2 amide bonds. The third-order valence-corrected chi connectivity index (χ3v) is 4.31. The van der Waals surface area contributed by atoms with Crippen LogP contribution in [0.1, 0.15) is 26.3 Å². The van der Waals surface area contributed by atoms with Gasteiger partial charge in [-0.1, -0.05) is 23.7 Å². The molecule has 28 heavy (non-hydrogen) atoms. The molecule has 0 spiro atoms. The molecule has 3 rings (SSSR count). The van der Waals surface area contributed by atoms with Crippen molar-refractivity contribution < 1.29 is 14.3 Å². The zero-order valence-corrected chi connectivity index (χ0v) is 15.8. The van der Waals surface area contributed by atoms with E-state index >= 15 is 0 Å². The molecule has 0 aromatic heterocycles. The molecule has 3 aromatic carbocycles. The number of halogens is 1. The Hall–Kier alpha value is -3.31. The summed E-state index contributed by atoms with van der Waals surface area (Å²) in [5, 5.41) is 3.57. The SMILES string of the molecule is NC(=O)c1ccc(Oc2ccc(C(=O)NCCc3cccc(Cl)c3)cc2)cc1. The smallest absolute Gasteiger partial charge is 0.251 e. The van der Waals surface area contributed by atoms with Gasteiger partial charge in [0.2, 0.25) is 5.91 Å². The van der Waals surface area contributed by atoms with Crippen LogP contribution < -0.4 is 15.8 Å². The summed E-state index contributed by atoms with van der Waals surface area (Å²) in [5.74, 6) is 0.516. The average Bonchev–Trinajstić information content (AvgIpc) is 2.69. The molecule has 0 aliphatic heterocycles. The fourth-order valence-corrected chi connectivity index (χ4v) is 2.83. The zero-order valence-electron chi connectivity index (χ0n) is 15.0. The highest BCUT2D eigenvalue weighted by atomic mass is 35.5. The molecule has 5 nitrogen and oxygen atoms in total. The second-order valence-corrected chi connectivity index (χ2v) is 6.59. The van der Waals surface area contributed by atoms with Gasteiger partial charge in [0.05, 0.1) is 0 Å². The highest BCUT2D eigenvalue weighted by molar-refractivity contribution is 6.30. The van der Waals surface area contributed by atoms with Crippen molar-refractivity contribution in [3.8, 4) is 11.5 Å². The number of carbonyl (C=O) groups excluding carboxylic acids is 2. The summed E-state index contributed by atoms with van der Waals surface area (Å²) in [5.41, 5.74) is 7.24. The molecular formula is C22H19ClN2O3. The predicted octanol–water partition coefficient (Wildman–Crippen LogP) is 4.20. The Morgan fingerprint density at radius 2 is 1.50 bits per heavy atom. The lowest BCUT2D eigenvalue weighted by Crippen LogP contribution is -2.25. The number of nitrogens with one attached hydrogen (secondary N) is 1. The number of hydrogen-bond acceptors (Lipinski definition) is 3. The number of rotatable bonds is 7. The number of amides is 2. The molecule has 0 unspecified atom stereocenters. The molecule has 0 saturated carbocycles. The number of ether oxygens (including phenoxy) is 1. The Balaban J connectivity index is 1.53. The minimum absolute atomic E-state index is 0.153. The van der Waals surface area contributed by atoms with Crippen LogP contribution in [-0.4, -0.2) is 18.4 Å². The number of primary amides is 1. The first-order chi connectivity index (χ1) is 13.5. The molecule has 0 bridgehead atoms. The summed E-state index contributed by atoms with van der Waals surface area (Å²) in [6.45, 7) is 0.517. The van der Waals surface area contributed by atoms with E-state index < -0.39 is 5.91 Å². The van der Waals surface area contributed by atoms with Gasteiger partial charge in [-0.2, -0.15) is 0 Å². The topological polar surface area (TPSA) is 81.4 Å². The summed E-state index contributed by atoms with van der Waals surface area (Å²) in [6.07, 6.45) is 0.703. The maximum atomic E-state index is 12.3. The minimum Gasteiger partial charge on any atom is -0.457 e. The third kappa shape index (κ3) is 5.34. The molecule has 0 fully saturated rings. The molecule has 0 atom stereocenters. The van der Waals surface area contributed by atoms with Gasteiger partial charge in [0.1, 0.15) is 11.5 Å². The predicted molar refractivity (Wildman–Crippen MR) is 109 cm³/mol. The molecule has 3 N–H and O–H groups in total. The van der Waals surface area contributed by atoms with Crippen LogP contribution in [0.3, 0.4) is 0 Å². The van der Waals surface area contributed by atoms with Gasteiger partial charge in [-0.15, -0.1) is 0 Å². The summed E-state index contributed by atoms with van der Waals surface area (Å²) in [4.78, 5) is 23.3. The van der Waals surface area contributed by atoms with Gasteiger partial charge in [0.15, 0.2) is 0 Å². The van der Waals surface area contributed by atoms with Gasteiger partial charge >= 0.3 is 0 Å². The van der Waals surface area contributed by atoms with E-state index in [0.29, 0.717) is 40.6 Å². The van der Waals surface area contributed by atoms with E-state index in [1.54, 1.807) is 48.5 Å². The Bertz CT molecular complexity index is 970. The molecule has 0 aliphatic carbocycles. The van der Waals surface area contributed by atoms with E-state index in [1.807, 2.05) is 24.3 Å². The minimum atomic E-state index is -0.489. The lowest BCUT2D eigenvalue weighted by Gasteiger charge is -2.08. The summed E-state index contributed by atoms with van der Waals surface area (Å²) in [7, 11) is 0. The van der Waals surface area contributed by atoms with E-state index in [9.17, 15) is 9.59 Å². The molecule has 3 aromatic rings. The van der Waals surface area contributed by atoms with Gasteiger partial charge in [-0.25, -0.2) is 0 Å². The van der Waals surface area contributed by atoms with E-state index in [2.05, 4.69) is 5.32 Å². The van der Waals surface area contributed by atoms with Crippen LogP contribution in [0.4, 0.5) is 0 Å². The van der Waals surface area contributed by atoms with Gasteiger partial charge in [0, 0.05) is 22.7 Å². The van der Waals surface area contributed by atoms with Gasteiger partial charge in [0.25, 0.3) is 5.91 Å². The molecule has 0 aliphatic rings. The van der Waals surface area contributed by atoms with Crippen LogP contribution in [0.15, 0.2) is 72.8 Å². The molecular weight excluding hydrogens is 376 g/mol. The first-order valence-electron chi connectivity index (χ1n) is 8.72. The summed E-state index contributed by atoms with van der Waals surface area (Å²) < 4.78 is 5.70. The quantitative estimate of drug-likeness (QED) is 0.630. The van der Waals surface area contributed by atoms with Crippen molar-refractivity contribution in [1.29, 1.82) is 0 Å². The molecule has 6 heteroatoms. The van der Waals surface area contributed by atoms with Crippen molar-refractivity contribution in [3.63, 3.8) is 0 Å². The zero-order chi connectivity index (χ0) is 19.9. The van der Waals surface area contributed by atoms with Crippen molar-refractivity contribution in [2.24, 2.45) is 5.73 Å². The Labute approximate surface area is 168 Å². The van der Waals surface area contributed by atoms with Crippen LogP contribution in [0, 0.1) is 0 Å². The Morgan fingerprint density at radius 3 is 2.07 bits per heavy atom. The lowest BCUT2D eigenvalue weighted by atomic mass is 10.1. The van der Waals surface area contributed by atoms with Crippen LogP contribution in [0.2, 0.25) is 5.02 Å². The highest BCUT2D eigenvalue weighted by Gasteiger charge is 2.06. The first kappa shape index (κ1) is 19.5. The average molecular weight is 395 g/mol. The maximum absolute atomic E-state index is 12.3. The largest absolute Gasteiger partial charge is 0.457 e. The van der Waals surface area contributed by atoms with Crippen LogP contribution in [0.25, 0.3) is 0 Å². The second kappa shape index (κ2) is 9.06. The van der Waals surface area contributed by atoms with E-state index in [-0.39, 0.29) is 5.91 Å². The number of benzene rings is 3. The van der Waals surface area contributed by atoms with Gasteiger partial charge < -0.3 is 15.8 Å². The molecule has 0 radical (unpaired) electrons. The van der Waals surface area contributed by atoms with Gasteiger partial charge in [-0.3, -0.25) is 9.59 Å².